The van der Waals surface area contributed by atoms with Gasteiger partial charge in [-0.25, -0.2) is 4.79 Å². The Morgan fingerprint density at radius 1 is 1.36 bits per heavy atom. The third-order valence-corrected chi connectivity index (χ3v) is 4.86. The number of benzene rings is 1. The highest BCUT2D eigenvalue weighted by molar-refractivity contribution is 5.48. The third kappa shape index (κ3) is 2.81. The number of nitro groups is 1. The maximum atomic E-state index is 11.4. The standard InChI is InChI=1S/C17H22N2O3/c1-12(2)14-9-8-13(3)10-17(14,18-11-20)15-6-4-5-7-16(15)19(21)22/h4-7,12-14H,8-10H2,1-3H3. The van der Waals surface area contributed by atoms with Gasteiger partial charge in [-0.1, -0.05) is 39.3 Å². The van der Waals surface area contributed by atoms with Gasteiger partial charge in [-0.05, 0) is 36.7 Å². The highest BCUT2D eigenvalue weighted by Gasteiger charge is 2.48. The van der Waals surface area contributed by atoms with E-state index in [0.29, 0.717) is 17.9 Å². The molecule has 1 saturated carbocycles. The van der Waals surface area contributed by atoms with E-state index >= 15 is 0 Å². The summed E-state index contributed by atoms with van der Waals surface area (Å²) >= 11 is 0. The Labute approximate surface area is 130 Å². The van der Waals surface area contributed by atoms with Gasteiger partial charge < -0.3 is 0 Å². The second-order valence-corrected chi connectivity index (χ2v) is 6.64. The Morgan fingerprint density at radius 3 is 2.64 bits per heavy atom. The van der Waals surface area contributed by atoms with Crippen LogP contribution < -0.4 is 0 Å². The van der Waals surface area contributed by atoms with E-state index in [2.05, 4.69) is 25.8 Å². The fourth-order valence-electron chi connectivity index (χ4n) is 3.95. The van der Waals surface area contributed by atoms with Crippen LogP contribution in [0.3, 0.4) is 0 Å². The highest BCUT2D eigenvalue weighted by Crippen LogP contribution is 2.51. The second-order valence-electron chi connectivity index (χ2n) is 6.64. The Kier molecular flexibility index (Phi) is 4.77. The summed E-state index contributed by atoms with van der Waals surface area (Å²) in [5, 5.41) is 11.4. The van der Waals surface area contributed by atoms with Gasteiger partial charge in [0.25, 0.3) is 5.69 Å². The minimum absolute atomic E-state index is 0.0428. The van der Waals surface area contributed by atoms with Gasteiger partial charge in [-0.2, -0.15) is 4.99 Å². The van der Waals surface area contributed by atoms with Crippen LogP contribution in [0.25, 0.3) is 0 Å². The van der Waals surface area contributed by atoms with Crippen molar-refractivity contribution in [3.05, 3.63) is 39.9 Å². The predicted molar refractivity (Wildman–Crippen MR) is 84.2 cm³/mol. The third-order valence-electron chi connectivity index (χ3n) is 4.86. The van der Waals surface area contributed by atoms with Gasteiger partial charge in [-0.15, -0.1) is 0 Å². The average molecular weight is 302 g/mol. The van der Waals surface area contributed by atoms with Crippen LogP contribution in [0.1, 0.15) is 45.6 Å². The summed E-state index contributed by atoms with van der Waals surface area (Å²) in [7, 11) is 0. The molecule has 5 nitrogen and oxygen atoms in total. The van der Waals surface area contributed by atoms with Gasteiger partial charge in [0.05, 0.1) is 10.5 Å². The van der Waals surface area contributed by atoms with Crippen molar-refractivity contribution in [2.45, 2.75) is 45.6 Å². The summed E-state index contributed by atoms with van der Waals surface area (Å²) in [6, 6.07) is 6.66. The molecular weight excluding hydrogens is 280 g/mol. The molecule has 0 radical (unpaired) electrons. The topological polar surface area (TPSA) is 72.6 Å². The minimum atomic E-state index is -0.836. The molecule has 118 valence electrons. The van der Waals surface area contributed by atoms with Crippen molar-refractivity contribution in [2.75, 3.05) is 0 Å². The first kappa shape index (κ1) is 16.4. The van der Waals surface area contributed by atoms with Crippen LogP contribution in [0, 0.1) is 27.9 Å². The van der Waals surface area contributed by atoms with Gasteiger partial charge in [0, 0.05) is 6.07 Å². The quantitative estimate of drug-likeness (QED) is 0.362. The molecule has 1 fully saturated rings. The lowest BCUT2D eigenvalue weighted by Crippen LogP contribution is -2.42. The molecule has 2 rings (SSSR count). The molecule has 3 unspecified atom stereocenters. The Morgan fingerprint density at radius 2 is 2.05 bits per heavy atom. The van der Waals surface area contributed by atoms with E-state index in [1.807, 2.05) is 0 Å². The number of para-hydroxylation sites is 1. The number of aliphatic imine (C=N–C) groups is 1. The van der Waals surface area contributed by atoms with Crippen LogP contribution in [0.15, 0.2) is 29.3 Å². The summed E-state index contributed by atoms with van der Waals surface area (Å²) in [5.41, 5.74) is -0.244. The number of hydrogen-bond acceptors (Lipinski definition) is 4. The molecule has 0 amide bonds. The smallest absolute Gasteiger partial charge is 0.258 e. The molecule has 3 atom stereocenters. The maximum Gasteiger partial charge on any atom is 0.275 e. The normalized spacial score (nSPS) is 28.2. The molecule has 0 saturated heterocycles. The lowest BCUT2D eigenvalue weighted by atomic mass is 9.62. The summed E-state index contributed by atoms with van der Waals surface area (Å²) in [4.78, 5) is 26.4. The maximum absolute atomic E-state index is 11.4. The average Bonchev–Trinajstić information content (AvgIpc) is 2.47. The molecule has 0 bridgehead atoms. The zero-order valence-electron chi connectivity index (χ0n) is 13.3. The summed E-state index contributed by atoms with van der Waals surface area (Å²) in [6.07, 6.45) is 4.32. The molecule has 1 aliphatic rings. The first-order valence-corrected chi connectivity index (χ1v) is 7.75. The Bertz CT molecular complexity index is 608. The summed E-state index contributed by atoms with van der Waals surface area (Å²) in [5.74, 6) is 0.752. The minimum Gasteiger partial charge on any atom is -0.258 e. The highest BCUT2D eigenvalue weighted by atomic mass is 16.6. The molecule has 5 heteroatoms. The molecule has 0 N–H and O–H groups in total. The molecule has 0 spiro atoms. The fourth-order valence-corrected chi connectivity index (χ4v) is 3.95. The van der Waals surface area contributed by atoms with Crippen molar-refractivity contribution in [2.24, 2.45) is 22.7 Å². The summed E-state index contributed by atoms with van der Waals surface area (Å²) in [6.45, 7) is 6.29. The van der Waals surface area contributed by atoms with Crippen LogP contribution in [0.2, 0.25) is 0 Å². The Hall–Kier alpha value is -2.00. The fraction of sp³-hybridized carbons (Fsp3) is 0.588. The largest absolute Gasteiger partial charge is 0.275 e. The number of nitrogens with zero attached hydrogens (tertiary/aromatic N) is 2. The van der Waals surface area contributed by atoms with E-state index in [9.17, 15) is 14.9 Å². The predicted octanol–water partition coefficient (Wildman–Crippen LogP) is 4.22. The van der Waals surface area contributed by atoms with Crippen molar-refractivity contribution < 1.29 is 9.72 Å². The van der Waals surface area contributed by atoms with E-state index in [0.717, 1.165) is 12.8 Å². The van der Waals surface area contributed by atoms with Crippen LogP contribution in [0.5, 0.6) is 0 Å². The number of nitro benzene ring substituents is 1. The molecular formula is C17H22N2O3. The zero-order chi connectivity index (χ0) is 16.3. The van der Waals surface area contributed by atoms with Gasteiger partial charge in [0.2, 0.25) is 6.08 Å². The zero-order valence-corrected chi connectivity index (χ0v) is 13.3. The number of hydrogen-bond donors (Lipinski definition) is 0. The first-order valence-electron chi connectivity index (χ1n) is 7.75. The lowest BCUT2D eigenvalue weighted by Gasteiger charge is -2.44. The van der Waals surface area contributed by atoms with E-state index in [4.69, 9.17) is 0 Å². The molecule has 1 aromatic rings. The van der Waals surface area contributed by atoms with Crippen molar-refractivity contribution >= 4 is 11.8 Å². The monoisotopic (exact) mass is 302 g/mol. The molecule has 0 aromatic heterocycles. The second kappa shape index (κ2) is 6.41. The number of carbonyl (C=O) groups excluding carboxylic acids is 1. The van der Waals surface area contributed by atoms with E-state index < -0.39 is 5.54 Å². The lowest BCUT2D eigenvalue weighted by molar-refractivity contribution is -0.386. The van der Waals surface area contributed by atoms with Crippen LogP contribution in [-0.4, -0.2) is 11.0 Å². The molecule has 1 aliphatic carbocycles. The van der Waals surface area contributed by atoms with Crippen LogP contribution in [0.4, 0.5) is 5.69 Å². The molecule has 1 aromatic carbocycles. The first-order chi connectivity index (χ1) is 10.4. The number of rotatable bonds is 4. The van der Waals surface area contributed by atoms with Gasteiger partial charge in [0.15, 0.2) is 0 Å². The molecule has 0 aliphatic heterocycles. The van der Waals surface area contributed by atoms with E-state index in [-0.39, 0.29) is 22.4 Å². The van der Waals surface area contributed by atoms with Crippen LogP contribution >= 0.6 is 0 Å². The van der Waals surface area contributed by atoms with E-state index in [1.54, 1.807) is 24.3 Å². The SMILES string of the molecule is CC1CCC(C(C)C)C(N=C=O)(c2ccccc2[N+](=O)[O-])C1. The molecule has 22 heavy (non-hydrogen) atoms. The summed E-state index contributed by atoms with van der Waals surface area (Å²) < 4.78 is 0. The van der Waals surface area contributed by atoms with Crippen molar-refractivity contribution in [1.82, 2.24) is 0 Å². The Balaban J connectivity index is 2.70. The van der Waals surface area contributed by atoms with Crippen molar-refractivity contribution in [3.63, 3.8) is 0 Å². The number of isocyanates is 1. The van der Waals surface area contributed by atoms with Gasteiger partial charge in [0.1, 0.15) is 5.54 Å². The van der Waals surface area contributed by atoms with Gasteiger partial charge >= 0.3 is 0 Å². The van der Waals surface area contributed by atoms with Crippen molar-refractivity contribution in [1.29, 1.82) is 0 Å². The van der Waals surface area contributed by atoms with Crippen molar-refractivity contribution in [3.8, 4) is 0 Å². The van der Waals surface area contributed by atoms with Gasteiger partial charge in [-0.3, -0.25) is 10.1 Å². The van der Waals surface area contributed by atoms with E-state index in [1.165, 1.54) is 6.07 Å². The van der Waals surface area contributed by atoms with Crippen LogP contribution in [-0.2, 0) is 10.3 Å². The molecule has 0 heterocycles.